The molecule has 9 heteroatoms. The number of carbonyl (C=O) groups excluding carboxylic acids is 1. The van der Waals surface area contributed by atoms with E-state index >= 15 is 0 Å². The van der Waals surface area contributed by atoms with Gasteiger partial charge >= 0.3 is 5.97 Å². The molecule has 6 unspecified atom stereocenters. The molecule has 1 rings (SSSR count). The van der Waals surface area contributed by atoms with Crippen LogP contribution < -0.4 is 0 Å². The molecule has 9 nitrogen and oxygen atoms in total. The van der Waals surface area contributed by atoms with Crippen LogP contribution >= 0.6 is 0 Å². The standard InChI is InChI=1S/C52H100O9/c1-3-5-7-9-11-13-15-17-19-21-23-25-27-29-31-33-35-37-39-41-48(54)60-46(45-59-52-51(57)50(56)49(55)47(43-53)61-52)44-58-42-40-38-36-34-32-30-28-26-24-22-20-18-16-14-12-10-8-6-4-2/h20,22,46-47,49-53,55-57H,3-19,21,23-45H2,1-2H3/b22-20-. The highest BCUT2D eigenvalue weighted by molar-refractivity contribution is 5.69. The fourth-order valence-electron chi connectivity index (χ4n) is 8.31. The maximum Gasteiger partial charge on any atom is 0.306 e. The quantitative estimate of drug-likeness (QED) is 0.0268. The topological polar surface area (TPSA) is 135 Å². The fourth-order valence-corrected chi connectivity index (χ4v) is 8.31. The normalized spacial score (nSPS) is 19.9. The molecular formula is C52H100O9. The first kappa shape index (κ1) is 57.9. The molecule has 1 heterocycles. The number of carbonyl (C=O) groups is 1. The zero-order valence-corrected chi connectivity index (χ0v) is 39.9. The van der Waals surface area contributed by atoms with E-state index in [1.54, 1.807) is 0 Å². The molecule has 362 valence electrons. The van der Waals surface area contributed by atoms with Crippen LogP contribution in [0.25, 0.3) is 0 Å². The molecule has 0 aliphatic carbocycles. The van der Waals surface area contributed by atoms with Gasteiger partial charge in [0.25, 0.3) is 0 Å². The molecule has 0 aromatic carbocycles. The summed E-state index contributed by atoms with van der Waals surface area (Å²) in [4.78, 5) is 12.8. The van der Waals surface area contributed by atoms with Crippen molar-refractivity contribution >= 4 is 5.97 Å². The van der Waals surface area contributed by atoms with Crippen LogP contribution in [0.1, 0.15) is 251 Å². The van der Waals surface area contributed by atoms with Crippen molar-refractivity contribution in [2.75, 3.05) is 26.4 Å². The van der Waals surface area contributed by atoms with Crippen LogP contribution in [-0.4, -0.2) is 89.6 Å². The Bertz CT molecular complexity index is 946. The zero-order chi connectivity index (χ0) is 44.3. The lowest BCUT2D eigenvalue weighted by molar-refractivity contribution is -0.305. The molecular weight excluding hydrogens is 769 g/mol. The van der Waals surface area contributed by atoms with Crippen molar-refractivity contribution in [1.82, 2.24) is 0 Å². The molecule has 1 aliphatic heterocycles. The van der Waals surface area contributed by atoms with E-state index < -0.39 is 43.4 Å². The largest absolute Gasteiger partial charge is 0.457 e. The van der Waals surface area contributed by atoms with Crippen molar-refractivity contribution < 1.29 is 44.2 Å². The predicted octanol–water partition coefficient (Wildman–Crippen LogP) is 12.8. The van der Waals surface area contributed by atoms with Gasteiger partial charge in [-0.25, -0.2) is 0 Å². The molecule has 0 bridgehead atoms. The lowest BCUT2D eigenvalue weighted by Gasteiger charge is -2.39. The van der Waals surface area contributed by atoms with Crippen LogP contribution in [-0.2, 0) is 23.7 Å². The second-order valence-corrected chi connectivity index (χ2v) is 18.3. The van der Waals surface area contributed by atoms with E-state index in [1.165, 1.54) is 199 Å². The lowest BCUT2D eigenvalue weighted by atomic mass is 9.99. The van der Waals surface area contributed by atoms with Gasteiger partial charge in [0.2, 0.25) is 0 Å². The molecule has 0 amide bonds. The highest BCUT2D eigenvalue weighted by Crippen LogP contribution is 2.23. The van der Waals surface area contributed by atoms with Crippen LogP contribution in [0.2, 0.25) is 0 Å². The van der Waals surface area contributed by atoms with Crippen molar-refractivity contribution in [1.29, 1.82) is 0 Å². The average molecular weight is 869 g/mol. The fraction of sp³-hybridized carbons (Fsp3) is 0.942. The molecule has 6 atom stereocenters. The summed E-state index contributed by atoms with van der Waals surface area (Å²) < 4.78 is 22.9. The first-order valence-corrected chi connectivity index (χ1v) is 26.3. The van der Waals surface area contributed by atoms with Gasteiger partial charge in [0.05, 0.1) is 19.8 Å². The number of allylic oxidation sites excluding steroid dienone is 2. The summed E-state index contributed by atoms with van der Waals surface area (Å²) in [5, 5.41) is 40.2. The molecule has 0 aromatic rings. The average Bonchev–Trinajstić information content (AvgIpc) is 3.26. The molecule has 1 aliphatic rings. The van der Waals surface area contributed by atoms with Crippen molar-refractivity contribution in [3.05, 3.63) is 12.2 Å². The Morgan fingerprint density at radius 3 is 1.33 bits per heavy atom. The first-order valence-electron chi connectivity index (χ1n) is 26.3. The van der Waals surface area contributed by atoms with Gasteiger partial charge in [-0.05, 0) is 38.5 Å². The summed E-state index contributed by atoms with van der Waals surface area (Å²) in [5.74, 6) is -0.308. The number of unbranched alkanes of at least 4 members (excludes halogenated alkanes) is 33. The molecule has 1 saturated heterocycles. The Morgan fingerprint density at radius 2 is 0.902 bits per heavy atom. The maximum atomic E-state index is 12.8. The smallest absolute Gasteiger partial charge is 0.306 e. The number of aliphatic hydroxyl groups is 4. The van der Waals surface area contributed by atoms with Crippen molar-refractivity contribution in [3.63, 3.8) is 0 Å². The van der Waals surface area contributed by atoms with E-state index in [0.717, 1.165) is 32.1 Å². The highest BCUT2D eigenvalue weighted by Gasteiger charge is 2.44. The van der Waals surface area contributed by atoms with E-state index in [9.17, 15) is 25.2 Å². The second-order valence-electron chi connectivity index (χ2n) is 18.3. The summed E-state index contributed by atoms with van der Waals surface area (Å²) in [6, 6.07) is 0. The summed E-state index contributed by atoms with van der Waals surface area (Å²) in [7, 11) is 0. The van der Waals surface area contributed by atoms with Gasteiger partial charge in [-0.1, -0.05) is 219 Å². The summed E-state index contributed by atoms with van der Waals surface area (Å²) in [6.07, 6.45) is 43.9. The zero-order valence-electron chi connectivity index (χ0n) is 39.9. The number of hydrogen-bond acceptors (Lipinski definition) is 9. The molecule has 0 saturated carbocycles. The van der Waals surface area contributed by atoms with Gasteiger partial charge in [0.1, 0.15) is 30.5 Å². The first-order chi connectivity index (χ1) is 29.9. The Balaban J connectivity index is 2.18. The number of esters is 1. The minimum atomic E-state index is -1.53. The van der Waals surface area contributed by atoms with Crippen molar-refractivity contribution in [2.24, 2.45) is 0 Å². The SMILES string of the molecule is CCCCCCCCC/C=C\CCCCCCCCCCOCC(COC1OC(CO)C(O)C(O)C1O)OC(=O)CCCCCCCCCCCCCCCCCCCCC. The molecule has 61 heavy (non-hydrogen) atoms. The van der Waals surface area contributed by atoms with E-state index in [2.05, 4.69) is 26.0 Å². The number of ether oxygens (including phenoxy) is 4. The van der Waals surface area contributed by atoms with Crippen molar-refractivity contribution in [3.8, 4) is 0 Å². The van der Waals surface area contributed by atoms with Crippen LogP contribution in [0.4, 0.5) is 0 Å². The number of hydrogen-bond donors (Lipinski definition) is 4. The van der Waals surface area contributed by atoms with Gasteiger partial charge in [0, 0.05) is 13.0 Å². The molecule has 4 N–H and O–H groups in total. The van der Waals surface area contributed by atoms with Crippen LogP contribution in [0.5, 0.6) is 0 Å². The third kappa shape index (κ3) is 34.9. The highest BCUT2D eigenvalue weighted by atomic mass is 16.7. The van der Waals surface area contributed by atoms with E-state index in [4.69, 9.17) is 18.9 Å². The number of aliphatic hydroxyl groups excluding tert-OH is 4. The Morgan fingerprint density at radius 1 is 0.508 bits per heavy atom. The van der Waals surface area contributed by atoms with Gasteiger partial charge in [0.15, 0.2) is 6.29 Å². The minimum absolute atomic E-state index is 0.109. The van der Waals surface area contributed by atoms with E-state index in [1.807, 2.05) is 0 Å². The van der Waals surface area contributed by atoms with E-state index in [0.29, 0.717) is 13.0 Å². The van der Waals surface area contributed by atoms with E-state index in [-0.39, 0.29) is 19.2 Å². The third-order valence-corrected chi connectivity index (χ3v) is 12.4. The lowest BCUT2D eigenvalue weighted by Crippen LogP contribution is -2.59. The summed E-state index contributed by atoms with van der Waals surface area (Å²) in [6.45, 7) is 4.61. The molecule has 0 spiro atoms. The molecule has 1 fully saturated rings. The van der Waals surface area contributed by atoms with Gasteiger partial charge in [-0.2, -0.15) is 0 Å². The Kier molecular flexibility index (Phi) is 41.9. The van der Waals surface area contributed by atoms with Crippen LogP contribution in [0.3, 0.4) is 0 Å². The predicted molar refractivity (Wildman–Crippen MR) is 252 cm³/mol. The van der Waals surface area contributed by atoms with Crippen LogP contribution in [0, 0.1) is 0 Å². The van der Waals surface area contributed by atoms with Crippen LogP contribution in [0.15, 0.2) is 12.2 Å². The van der Waals surface area contributed by atoms with Gasteiger partial charge in [-0.15, -0.1) is 0 Å². The molecule has 0 aromatic heterocycles. The second kappa shape index (κ2) is 44.1. The minimum Gasteiger partial charge on any atom is -0.457 e. The Hall–Kier alpha value is -1.07. The monoisotopic (exact) mass is 869 g/mol. The summed E-state index contributed by atoms with van der Waals surface area (Å²) in [5.41, 5.74) is 0. The summed E-state index contributed by atoms with van der Waals surface area (Å²) >= 11 is 0. The van der Waals surface area contributed by atoms with Gasteiger partial charge in [-0.3, -0.25) is 4.79 Å². The molecule has 0 radical (unpaired) electrons. The van der Waals surface area contributed by atoms with Crippen molar-refractivity contribution in [2.45, 2.75) is 288 Å². The van der Waals surface area contributed by atoms with Gasteiger partial charge < -0.3 is 39.4 Å². The Labute approximate surface area is 375 Å². The number of rotatable bonds is 46. The third-order valence-electron chi connectivity index (χ3n) is 12.4. The maximum absolute atomic E-state index is 12.8.